The Hall–Kier alpha value is -1.84. The van der Waals surface area contributed by atoms with Crippen LogP contribution in [0.5, 0.6) is 0 Å². The van der Waals surface area contributed by atoms with Crippen LogP contribution >= 0.6 is 0 Å². The molecule has 2 rings (SSSR count). The minimum Gasteiger partial charge on any atom is -0.463 e. The molecule has 1 aromatic rings. The van der Waals surface area contributed by atoms with Crippen molar-refractivity contribution in [3.8, 4) is 6.07 Å². The maximum Gasteiger partial charge on any atom is 0.374 e. The fourth-order valence-corrected chi connectivity index (χ4v) is 2.01. The van der Waals surface area contributed by atoms with Gasteiger partial charge in [-0.15, -0.1) is 0 Å². The second kappa shape index (κ2) is 5.67. The highest BCUT2D eigenvalue weighted by Gasteiger charge is 2.25. The first-order valence-corrected chi connectivity index (χ1v) is 5.75. The quantitative estimate of drug-likeness (QED) is 0.779. The largest absolute Gasteiger partial charge is 0.463 e. The molecule has 0 bridgehead atoms. The van der Waals surface area contributed by atoms with Crippen molar-refractivity contribution in [1.29, 1.82) is 5.26 Å². The third kappa shape index (κ3) is 2.53. The van der Waals surface area contributed by atoms with Gasteiger partial charge in [0.1, 0.15) is 6.04 Å². The second-order valence-corrected chi connectivity index (χ2v) is 4.09. The number of nitriles is 1. The van der Waals surface area contributed by atoms with E-state index in [1.165, 1.54) is 13.4 Å². The number of ether oxygens (including phenoxy) is 1. The molecule has 1 unspecified atom stereocenters. The van der Waals surface area contributed by atoms with Crippen molar-refractivity contribution in [3.63, 3.8) is 0 Å². The summed E-state index contributed by atoms with van der Waals surface area (Å²) in [6.45, 7) is 2.76. The summed E-state index contributed by atoms with van der Waals surface area (Å²) < 4.78 is 9.78. The van der Waals surface area contributed by atoms with Crippen LogP contribution in [0.15, 0.2) is 16.7 Å². The number of hydrogen-bond acceptors (Lipinski definition) is 6. The van der Waals surface area contributed by atoms with E-state index in [4.69, 9.17) is 9.68 Å². The molecule has 0 spiro atoms. The second-order valence-electron chi connectivity index (χ2n) is 4.09. The van der Waals surface area contributed by atoms with Gasteiger partial charge < -0.3 is 14.5 Å². The van der Waals surface area contributed by atoms with E-state index < -0.39 is 5.97 Å². The van der Waals surface area contributed by atoms with Crippen molar-refractivity contribution in [2.75, 3.05) is 26.7 Å². The Bertz CT molecular complexity index is 463. The Morgan fingerprint density at radius 2 is 2.61 bits per heavy atom. The molecular weight excluding hydrogens is 234 g/mol. The fourth-order valence-electron chi connectivity index (χ4n) is 2.01. The Morgan fingerprint density at radius 3 is 3.33 bits per heavy atom. The third-order valence-electron chi connectivity index (χ3n) is 2.99. The maximum absolute atomic E-state index is 11.5. The number of hydrogen-bond donors (Lipinski definition) is 1. The number of carbonyl (C=O) groups is 1. The molecule has 1 aliphatic rings. The van der Waals surface area contributed by atoms with Crippen LogP contribution in [-0.2, 0) is 11.3 Å². The lowest BCUT2D eigenvalue weighted by atomic mass is 10.1. The van der Waals surface area contributed by atoms with Gasteiger partial charge in [-0.2, -0.15) is 5.26 Å². The number of piperazine rings is 1. The zero-order chi connectivity index (χ0) is 13.0. The van der Waals surface area contributed by atoms with Gasteiger partial charge in [0.25, 0.3) is 0 Å². The molecule has 0 aliphatic carbocycles. The number of nitrogens with zero attached hydrogens (tertiary/aromatic N) is 2. The van der Waals surface area contributed by atoms with Gasteiger partial charge in [-0.3, -0.25) is 4.90 Å². The lowest BCUT2D eigenvalue weighted by molar-refractivity contribution is 0.0561. The molecule has 6 nitrogen and oxygen atoms in total. The first-order chi connectivity index (χ1) is 8.76. The molecule has 96 valence electrons. The maximum atomic E-state index is 11.5. The summed E-state index contributed by atoms with van der Waals surface area (Å²) in [5.41, 5.74) is 0.754. The van der Waals surface area contributed by atoms with Crippen molar-refractivity contribution in [1.82, 2.24) is 10.2 Å². The number of methoxy groups -OCH3 is 1. The summed E-state index contributed by atoms with van der Waals surface area (Å²) in [5, 5.41) is 12.2. The van der Waals surface area contributed by atoms with E-state index in [1.54, 1.807) is 6.07 Å². The SMILES string of the molecule is COC(=O)c1occc1CN1CCNCC1C#N. The van der Waals surface area contributed by atoms with Gasteiger partial charge in [0.15, 0.2) is 0 Å². The van der Waals surface area contributed by atoms with Crippen LogP contribution in [0, 0.1) is 11.3 Å². The average molecular weight is 249 g/mol. The molecule has 1 aromatic heterocycles. The minimum atomic E-state index is -0.487. The molecule has 6 heteroatoms. The smallest absolute Gasteiger partial charge is 0.374 e. The highest BCUT2D eigenvalue weighted by Crippen LogP contribution is 2.16. The van der Waals surface area contributed by atoms with Crippen molar-refractivity contribution in [2.24, 2.45) is 0 Å². The molecule has 1 saturated heterocycles. The molecule has 18 heavy (non-hydrogen) atoms. The molecule has 1 atom stereocenters. The van der Waals surface area contributed by atoms with Crippen molar-refractivity contribution < 1.29 is 13.9 Å². The van der Waals surface area contributed by atoms with E-state index in [0.717, 1.165) is 18.7 Å². The Labute approximate surface area is 105 Å². The van der Waals surface area contributed by atoms with Crippen LogP contribution in [0.1, 0.15) is 16.1 Å². The minimum absolute atomic E-state index is 0.181. The molecule has 2 heterocycles. The van der Waals surface area contributed by atoms with E-state index in [-0.39, 0.29) is 11.8 Å². The zero-order valence-electron chi connectivity index (χ0n) is 10.2. The van der Waals surface area contributed by atoms with Gasteiger partial charge in [-0.1, -0.05) is 0 Å². The normalized spacial score (nSPS) is 20.3. The predicted molar refractivity (Wildman–Crippen MR) is 62.7 cm³/mol. The highest BCUT2D eigenvalue weighted by atomic mass is 16.5. The molecule has 1 aliphatic heterocycles. The van der Waals surface area contributed by atoms with Crippen LogP contribution < -0.4 is 5.32 Å². The summed E-state index contributed by atoms with van der Waals surface area (Å²) in [7, 11) is 1.32. The zero-order valence-corrected chi connectivity index (χ0v) is 10.2. The molecular formula is C12H15N3O3. The molecule has 0 aromatic carbocycles. The van der Waals surface area contributed by atoms with E-state index >= 15 is 0 Å². The van der Waals surface area contributed by atoms with Crippen LogP contribution in [0.2, 0.25) is 0 Å². The number of furan rings is 1. The Morgan fingerprint density at radius 1 is 1.78 bits per heavy atom. The Balaban J connectivity index is 2.11. The highest BCUT2D eigenvalue weighted by molar-refractivity contribution is 5.87. The van der Waals surface area contributed by atoms with E-state index in [1.807, 2.05) is 4.90 Å². The first kappa shape index (κ1) is 12.6. The van der Waals surface area contributed by atoms with E-state index in [2.05, 4.69) is 16.1 Å². The molecule has 0 saturated carbocycles. The van der Waals surface area contributed by atoms with Crippen LogP contribution in [0.4, 0.5) is 0 Å². The lowest BCUT2D eigenvalue weighted by Crippen LogP contribution is -2.50. The predicted octanol–water partition coefficient (Wildman–Crippen LogP) is 0.364. The van der Waals surface area contributed by atoms with Crippen LogP contribution in [0.25, 0.3) is 0 Å². The van der Waals surface area contributed by atoms with Gasteiger partial charge in [-0.25, -0.2) is 4.79 Å². The summed E-state index contributed by atoms with van der Waals surface area (Å²) in [5.74, 6) is -0.272. The average Bonchev–Trinajstić information content (AvgIpc) is 2.86. The summed E-state index contributed by atoms with van der Waals surface area (Å²) >= 11 is 0. The third-order valence-corrected chi connectivity index (χ3v) is 2.99. The summed E-state index contributed by atoms with van der Waals surface area (Å²) in [4.78, 5) is 13.5. The molecule has 1 N–H and O–H groups in total. The number of rotatable bonds is 3. The standard InChI is InChI=1S/C12H15N3O3/c1-17-12(16)11-9(2-5-18-11)8-15-4-3-14-7-10(15)6-13/h2,5,10,14H,3-4,7-8H2,1H3. The topological polar surface area (TPSA) is 78.5 Å². The van der Waals surface area contributed by atoms with Gasteiger partial charge in [0.05, 0.1) is 19.4 Å². The van der Waals surface area contributed by atoms with Gasteiger partial charge in [0, 0.05) is 31.7 Å². The fraction of sp³-hybridized carbons (Fsp3) is 0.500. The number of nitrogens with one attached hydrogen (secondary N) is 1. The molecule has 0 amide bonds. The van der Waals surface area contributed by atoms with Crippen LogP contribution in [-0.4, -0.2) is 43.7 Å². The lowest BCUT2D eigenvalue weighted by Gasteiger charge is -2.31. The van der Waals surface area contributed by atoms with Crippen molar-refractivity contribution in [2.45, 2.75) is 12.6 Å². The van der Waals surface area contributed by atoms with Gasteiger partial charge in [-0.05, 0) is 6.07 Å². The van der Waals surface area contributed by atoms with Crippen molar-refractivity contribution in [3.05, 3.63) is 23.7 Å². The molecule has 0 radical (unpaired) electrons. The van der Waals surface area contributed by atoms with Crippen LogP contribution in [0.3, 0.4) is 0 Å². The van der Waals surface area contributed by atoms with Gasteiger partial charge in [0.2, 0.25) is 5.76 Å². The monoisotopic (exact) mass is 249 g/mol. The van der Waals surface area contributed by atoms with Gasteiger partial charge >= 0.3 is 5.97 Å². The number of carbonyl (C=O) groups excluding carboxylic acids is 1. The van der Waals surface area contributed by atoms with E-state index in [9.17, 15) is 4.79 Å². The first-order valence-electron chi connectivity index (χ1n) is 5.75. The van der Waals surface area contributed by atoms with E-state index in [0.29, 0.717) is 13.1 Å². The van der Waals surface area contributed by atoms with Crippen molar-refractivity contribution >= 4 is 5.97 Å². The Kier molecular flexibility index (Phi) is 3.97. The number of esters is 1. The molecule has 1 fully saturated rings. The summed E-state index contributed by atoms with van der Waals surface area (Å²) in [6, 6.07) is 3.80. The summed E-state index contributed by atoms with van der Waals surface area (Å²) in [6.07, 6.45) is 1.46.